The van der Waals surface area contributed by atoms with Gasteiger partial charge in [-0.05, 0) is 38.2 Å². The number of aromatic nitrogens is 1. The summed E-state index contributed by atoms with van der Waals surface area (Å²) in [5, 5.41) is 2.45. The third-order valence-corrected chi connectivity index (χ3v) is 8.18. The number of benzene rings is 2. The Bertz CT molecular complexity index is 1520. The van der Waals surface area contributed by atoms with E-state index >= 15 is 0 Å². The molecule has 2 aromatic carbocycles. The number of nitrogens with one attached hydrogen (secondary N) is 1. The van der Waals surface area contributed by atoms with Gasteiger partial charge in [-0.25, -0.2) is 13.2 Å². The van der Waals surface area contributed by atoms with E-state index in [0.29, 0.717) is 18.7 Å². The predicted octanol–water partition coefficient (Wildman–Crippen LogP) is 4.49. The molecule has 3 aromatic rings. The van der Waals surface area contributed by atoms with Crippen molar-refractivity contribution < 1.29 is 27.5 Å². The number of nitrogens with zero attached hydrogens (tertiary/aromatic N) is 2. The standard InChI is InChI=1S/C29H26F3N3O4/c1-16(23-21(31)11-18(30)12-22(23)32)33-27(37)20-13-34-15-29-9-7-19(8-10-29)35(29)28(38)24(34)26(25(20)36)39-14-17-5-3-2-4-6-17/h2-6,11-13,16,19H,7-10,14-15H2,1H3,(H,33,37)/t16-,19?,29?/m1/s1. The van der Waals surface area contributed by atoms with Crippen LogP contribution in [0.25, 0.3) is 0 Å². The van der Waals surface area contributed by atoms with Crippen LogP contribution in [0, 0.1) is 17.5 Å². The lowest BCUT2D eigenvalue weighted by Crippen LogP contribution is -2.53. The van der Waals surface area contributed by atoms with Gasteiger partial charge in [-0.15, -0.1) is 0 Å². The second-order valence-electron chi connectivity index (χ2n) is 10.6. The summed E-state index contributed by atoms with van der Waals surface area (Å²) in [6.45, 7) is 1.74. The van der Waals surface area contributed by atoms with Gasteiger partial charge in [0, 0.05) is 36.5 Å². The summed E-state index contributed by atoms with van der Waals surface area (Å²) in [7, 11) is 0. The maximum Gasteiger partial charge on any atom is 0.275 e. The van der Waals surface area contributed by atoms with Crippen LogP contribution in [0.5, 0.6) is 5.75 Å². The Morgan fingerprint density at radius 1 is 1.10 bits per heavy atom. The molecule has 1 N–H and O–H groups in total. The first-order valence-electron chi connectivity index (χ1n) is 12.9. The minimum absolute atomic E-state index is 0.00158. The fourth-order valence-electron chi connectivity index (χ4n) is 6.40. The average molecular weight is 538 g/mol. The van der Waals surface area contributed by atoms with Gasteiger partial charge >= 0.3 is 0 Å². The van der Waals surface area contributed by atoms with Crippen molar-refractivity contribution >= 4 is 11.8 Å². The third kappa shape index (κ3) is 4.09. The summed E-state index contributed by atoms with van der Waals surface area (Å²) in [6, 6.07) is 9.05. The first-order chi connectivity index (χ1) is 18.7. The fourth-order valence-corrected chi connectivity index (χ4v) is 6.40. The Morgan fingerprint density at radius 3 is 2.44 bits per heavy atom. The van der Waals surface area contributed by atoms with Crippen molar-refractivity contribution in [3.63, 3.8) is 0 Å². The van der Waals surface area contributed by atoms with E-state index in [1.807, 2.05) is 35.2 Å². The van der Waals surface area contributed by atoms with Gasteiger partial charge in [-0.3, -0.25) is 14.4 Å². The van der Waals surface area contributed by atoms with Crippen LogP contribution < -0.4 is 15.5 Å². The molecule has 0 aliphatic carbocycles. The summed E-state index contributed by atoms with van der Waals surface area (Å²) >= 11 is 0. The zero-order valence-corrected chi connectivity index (χ0v) is 21.2. The molecule has 6 rings (SSSR count). The largest absolute Gasteiger partial charge is 0.483 e. The Morgan fingerprint density at radius 2 is 1.77 bits per heavy atom. The van der Waals surface area contributed by atoms with Crippen molar-refractivity contribution in [1.29, 1.82) is 0 Å². The summed E-state index contributed by atoms with van der Waals surface area (Å²) in [6.07, 6.45) is 4.75. The van der Waals surface area contributed by atoms with Crippen molar-refractivity contribution in [2.45, 2.75) is 63.4 Å². The van der Waals surface area contributed by atoms with Crippen molar-refractivity contribution in [3.8, 4) is 5.75 Å². The molecule has 10 heteroatoms. The molecular formula is C29H26F3N3O4. The molecule has 39 heavy (non-hydrogen) atoms. The lowest BCUT2D eigenvalue weighted by atomic mass is 9.86. The molecule has 1 atom stereocenters. The molecule has 3 aliphatic heterocycles. The molecule has 3 aliphatic rings. The molecule has 7 nitrogen and oxygen atoms in total. The number of rotatable bonds is 6. The number of pyridine rings is 1. The molecule has 0 unspecified atom stereocenters. The first-order valence-corrected chi connectivity index (χ1v) is 12.9. The van der Waals surface area contributed by atoms with Crippen LogP contribution in [0.15, 0.2) is 53.5 Å². The van der Waals surface area contributed by atoms with Gasteiger partial charge in [-0.1, -0.05) is 30.3 Å². The highest BCUT2D eigenvalue weighted by Crippen LogP contribution is 2.50. The normalized spacial score (nSPS) is 21.9. The maximum atomic E-state index is 14.3. The lowest BCUT2D eigenvalue weighted by Gasteiger charge is -2.41. The molecule has 0 spiro atoms. The number of carbonyl (C=O) groups excluding carboxylic acids is 2. The summed E-state index contributed by atoms with van der Waals surface area (Å²) in [5.41, 5.74) is -1.15. The molecular weight excluding hydrogens is 511 g/mol. The second-order valence-corrected chi connectivity index (χ2v) is 10.6. The van der Waals surface area contributed by atoms with Gasteiger partial charge in [0.25, 0.3) is 11.8 Å². The number of hydrogen-bond donors (Lipinski definition) is 1. The molecule has 0 saturated carbocycles. The maximum absolute atomic E-state index is 14.3. The number of ether oxygens (including phenoxy) is 1. The minimum atomic E-state index is -1.21. The lowest BCUT2D eigenvalue weighted by molar-refractivity contribution is 0.0486. The van der Waals surface area contributed by atoms with Crippen LogP contribution in [0.1, 0.15) is 70.6 Å². The number of hydrogen-bond acceptors (Lipinski definition) is 4. The number of halogens is 3. The summed E-state index contributed by atoms with van der Waals surface area (Å²) < 4.78 is 49.6. The third-order valence-electron chi connectivity index (χ3n) is 8.18. The fraction of sp³-hybridized carbons (Fsp3) is 0.345. The van der Waals surface area contributed by atoms with Crippen LogP contribution in [0.4, 0.5) is 13.2 Å². The van der Waals surface area contributed by atoms with Crippen molar-refractivity contribution in [3.05, 3.63) is 98.7 Å². The van der Waals surface area contributed by atoms with E-state index in [2.05, 4.69) is 5.32 Å². The molecule has 2 amide bonds. The van der Waals surface area contributed by atoms with E-state index in [4.69, 9.17) is 4.74 Å². The molecule has 2 bridgehead atoms. The summed E-state index contributed by atoms with van der Waals surface area (Å²) in [4.78, 5) is 42.6. The van der Waals surface area contributed by atoms with Crippen molar-refractivity contribution in [1.82, 2.24) is 14.8 Å². The van der Waals surface area contributed by atoms with Crippen molar-refractivity contribution in [2.24, 2.45) is 0 Å². The predicted molar refractivity (Wildman–Crippen MR) is 135 cm³/mol. The van der Waals surface area contributed by atoms with Gasteiger partial charge < -0.3 is 19.5 Å². The Kier molecular flexibility index (Phi) is 6.00. The number of carbonyl (C=O) groups is 2. The summed E-state index contributed by atoms with van der Waals surface area (Å²) in [5.74, 6) is -4.81. The zero-order chi connectivity index (χ0) is 27.5. The highest BCUT2D eigenvalue weighted by molar-refractivity contribution is 6.00. The van der Waals surface area contributed by atoms with Crippen LogP contribution in [-0.2, 0) is 13.2 Å². The average Bonchev–Trinajstić information content (AvgIpc) is 3.44. The van der Waals surface area contributed by atoms with Gasteiger partial charge in [0.05, 0.1) is 11.6 Å². The monoisotopic (exact) mass is 537 g/mol. The molecule has 2 saturated heterocycles. The van der Waals surface area contributed by atoms with Crippen LogP contribution in [0.3, 0.4) is 0 Å². The smallest absolute Gasteiger partial charge is 0.275 e. The van der Waals surface area contributed by atoms with Crippen LogP contribution >= 0.6 is 0 Å². The second kappa shape index (κ2) is 9.29. The highest BCUT2D eigenvalue weighted by Gasteiger charge is 2.57. The van der Waals surface area contributed by atoms with Crippen molar-refractivity contribution in [2.75, 3.05) is 0 Å². The van der Waals surface area contributed by atoms with E-state index in [0.717, 1.165) is 31.2 Å². The highest BCUT2D eigenvalue weighted by atomic mass is 19.1. The van der Waals surface area contributed by atoms with E-state index in [-0.39, 0.29) is 41.1 Å². The van der Waals surface area contributed by atoms with E-state index in [1.165, 1.54) is 13.1 Å². The molecule has 0 radical (unpaired) electrons. The van der Waals surface area contributed by atoms with Gasteiger partial charge in [0.15, 0.2) is 11.4 Å². The Labute approximate surface area is 222 Å². The van der Waals surface area contributed by atoms with Gasteiger partial charge in [0.2, 0.25) is 5.43 Å². The first kappa shape index (κ1) is 25.2. The molecule has 202 valence electrons. The quantitative estimate of drug-likeness (QED) is 0.503. The zero-order valence-electron chi connectivity index (χ0n) is 21.2. The van der Waals surface area contributed by atoms with E-state index in [9.17, 15) is 27.6 Å². The van der Waals surface area contributed by atoms with Crippen LogP contribution in [-0.4, -0.2) is 32.9 Å². The van der Waals surface area contributed by atoms with Gasteiger partial charge in [0.1, 0.15) is 29.6 Å². The molecule has 2 fully saturated rings. The van der Waals surface area contributed by atoms with E-state index < -0.39 is 40.4 Å². The topological polar surface area (TPSA) is 80.6 Å². The number of fused-ring (bicyclic) bond motifs is 1. The van der Waals surface area contributed by atoms with E-state index in [1.54, 1.807) is 4.57 Å². The Hall–Kier alpha value is -4.08. The Balaban J connectivity index is 1.39. The molecule has 1 aromatic heterocycles. The minimum Gasteiger partial charge on any atom is -0.483 e. The van der Waals surface area contributed by atoms with Gasteiger partial charge in [-0.2, -0.15) is 0 Å². The van der Waals surface area contributed by atoms with Crippen LogP contribution in [0.2, 0.25) is 0 Å². The SMILES string of the molecule is C[C@@H](NC(=O)c1cn2c(c(OCc3ccccc3)c1=O)C(=O)N1C3CCC1(CC3)C2)c1c(F)cc(F)cc1F. The number of amides is 2. The molecule has 4 heterocycles.